The van der Waals surface area contributed by atoms with Crippen molar-refractivity contribution in [2.45, 2.75) is 18.8 Å². The van der Waals surface area contributed by atoms with Crippen LogP contribution in [0.3, 0.4) is 0 Å². The van der Waals surface area contributed by atoms with E-state index in [1.54, 1.807) is 48.5 Å². The smallest absolute Gasteiger partial charge is 0.307 e. The zero-order chi connectivity index (χ0) is 21.6. The van der Waals surface area contributed by atoms with Gasteiger partial charge >= 0.3 is 5.97 Å². The van der Waals surface area contributed by atoms with Crippen LogP contribution in [0.1, 0.15) is 17.4 Å². The quantitative estimate of drug-likeness (QED) is 0.413. The molecule has 7 nitrogen and oxygen atoms in total. The van der Waals surface area contributed by atoms with Gasteiger partial charge < -0.3 is 30.3 Å². The Balaban J connectivity index is 1.30. The average Bonchev–Trinajstić information content (AvgIpc) is 2.77. The molecule has 0 saturated carbocycles. The van der Waals surface area contributed by atoms with Gasteiger partial charge in [0.1, 0.15) is 24.2 Å². The second-order valence-corrected chi connectivity index (χ2v) is 7.31. The fourth-order valence-corrected chi connectivity index (χ4v) is 3.38. The van der Waals surface area contributed by atoms with Crippen molar-refractivity contribution < 1.29 is 24.5 Å². The third-order valence-corrected chi connectivity index (χ3v) is 4.92. The minimum Gasteiger partial charge on any atom is -0.490 e. The Labute approximate surface area is 180 Å². The number of carboxylic acids is 1. The number of aliphatic carboxylic acids is 1. The number of hydrogen-bond donors (Lipinski definition) is 4. The van der Waals surface area contributed by atoms with Crippen LogP contribution >= 0.6 is 0 Å². The summed E-state index contributed by atoms with van der Waals surface area (Å²) in [4.78, 5) is 10.9. The highest BCUT2D eigenvalue weighted by Crippen LogP contribution is 2.28. The molecule has 0 fully saturated rings. The summed E-state index contributed by atoms with van der Waals surface area (Å²) in [6.07, 6.45) is -1.10. The van der Waals surface area contributed by atoms with Gasteiger partial charge in [0.2, 0.25) is 0 Å². The number of benzene rings is 3. The van der Waals surface area contributed by atoms with Gasteiger partial charge in [0.05, 0.1) is 18.7 Å². The molecular weight excluding hydrogens is 396 g/mol. The molecule has 0 aromatic heterocycles. The Hall–Kier alpha value is -3.71. The maximum absolute atomic E-state index is 10.9. The number of rotatable bonds is 8. The van der Waals surface area contributed by atoms with E-state index in [-0.39, 0.29) is 12.5 Å². The highest BCUT2D eigenvalue weighted by Gasteiger charge is 2.19. The molecule has 0 aliphatic carbocycles. The van der Waals surface area contributed by atoms with Gasteiger partial charge in [-0.05, 0) is 42.0 Å². The molecule has 3 aromatic rings. The number of para-hydroxylation sites is 2. The summed E-state index contributed by atoms with van der Waals surface area (Å²) in [5.41, 5.74) is 2.96. The Morgan fingerprint density at radius 2 is 1.94 bits per heavy atom. The number of anilines is 2. The number of nitrogens with one attached hydrogen (secondary N) is 2. The summed E-state index contributed by atoms with van der Waals surface area (Å²) in [6.45, 7) is 1.07. The van der Waals surface area contributed by atoms with E-state index >= 15 is 0 Å². The predicted octanol–water partition coefficient (Wildman–Crippen LogP) is 3.67. The summed E-state index contributed by atoms with van der Waals surface area (Å²) in [5.74, 6) is 0.605. The van der Waals surface area contributed by atoms with Crippen LogP contribution in [0, 0.1) is 0 Å². The molecule has 1 aliphatic heterocycles. The maximum atomic E-state index is 10.9. The molecule has 0 spiro atoms. The van der Waals surface area contributed by atoms with Crippen LogP contribution in [0.25, 0.3) is 0 Å². The predicted molar refractivity (Wildman–Crippen MR) is 118 cm³/mol. The van der Waals surface area contributed by atoms with Crippen LogP contribution in [0.4, 0.5) is 11.4 Å². The van der Waals surface area contributed by atoms with Crippen molar-refractivity contribution in [2.24, 2.45) is 0 Å². The number of carbonyl (C=O) groups is 1. The SMILES string of the molecule is O=C(O)Cc1cccc(NC(O)c2ccc(OCC3CNc4ccccc4O3)cc2)c1. The van der Waals surface area contributed by atoms with E-state index in [0.717, 1.165) is 11.4 Å². The molecule has 0 bridgehead atoms. The largest absolute Gasteiger partial charge is 0.490 e. The van der Waals surface area contributed by atoms with Crippen molar-refractivity contribution in [3.05, 3.63) is 83.9 Å². The number of ether oxygens (including phenoxy) is 2. The first-order valence-electron chi connectivity index (χ1n) is 10.0. The van der Waals surface area contributed by atoms with Gasteiger partial charge in [-0.1, -0.05) is 36.4 Å². The fourth-order valence-electron chi connectivity index (χ4n) is 3.38. The Kier molecular flexibility index (Phi) is 6.24. The van der Waals surface area contributed by atoms with Crippen LogP contribution in [-0.2, 0) is 11.2 Å². The van der Waals surface area contributed by atoms with E-state index in [1.165, 1.54) is 0 Å². The minimum absolute atomic E-state index is 0.0660. The topological polar surface area (TPSA) is 100 Å². The van der Waals surface area contributed by atoms with Crippen LogP contribution in [-0.4, -0.2) is 35.4 Å². The molecule has 4 rings (SSSR count). The highest BCUT2D eigenvalue weighted by atomic mass is 16.5. The van der Waals surface area contributed by atoms with Crippen molar-refractivity contribution in [3.8, 4) is 11.5 Å². The molecular formula is C24H24N2O5. The van der Waals surface area contributed by atoms with Gasteiger partial charge in [0, 0.05) is 11.3 Å². The lowest BCUT2D eigenvalue weighted by Crippen LogP contribution is -2.35. The summed E-state index contributed by atoms with van der Waals surface area (Å²) >= 11 is 0. The molecule has 3 aromatic carbocycles. The van der Waals surface area contributed by atoms with Crippen LogP contribution in [0.15, 0.2) is 72.8 Å². The van der Waals surface area contributed by atoms with E-state index in [9.17, 15) is 9.90 Å². The maximum Gasteiger partial charge on any atom is 0.307 e. The first kappa shape index (κ1) is 20.6. The third-order valence-electron chi connectivity index (χ3n) is 4.92. The number of carboxylic acid groups (broad SMARTS) is 1. The first-order valence-corrected chi connectivity index (χ1v) is 10.0. The summed E-state index contributed by atoms with van der Waals surface area (Å²) in [5, 5.41) is 25.7. The van der Waals surface area contributed by atoms with Gasteiger partial charge in [0.15, 0.2) is 6.23 Å². The number of aliphatic hydroxyl groups excluding tert-OH is 1. The van der Waals surface area contributed by atoms with Crippen LogP contribution in [0.2, 0.25) is 0 Å². The molecule has 4 N–H and O–H groups in total. The first-order chi connectivity index (χ1) is 15.1. The summed E-state index contributed by atoms with van der Waals surface area (Å²) in [7, 11) is 0. The lowest BCUT2D eigenvalue weighted by atomic mass is 10.1. The molecule has 0 radical (unpaired) electrons. The fraction of sp³-hybridized carbons (Fsp3) is 0.208. The Morgan fingerprint density at radius 1 is 1.13 bits per heavy atom. The number of hydrogen-bond acceptors (Lipinski definition) is 6. The standard InChI is InChI=1S/C24H24N2O5/c27-23(28)13-16-4-3-5-18(12-16)26-24(29)17-8-10-19(11-9-17)30-15-20-14-25-21-6-1-2-7-22(21)31-20/h1-12,20,24-26,29H,13-15H2,(H,27,28). The summed E-state index contributed by atoms with van der Waals surface area (Å²) < 4.78 is 11.8. The second kappa shape index (κ2) is 9.40. The molecule has 0 amide bonds. The van der Waals surface area contributed by atoms with Gasteiger partial charge in [0.25, 0.3) is 0 Å². The zero-order valence-electron chi connectivity index (χ0n) is 16.8. The number of fused-ring (bicyclic) bond motifs is 1. The van der Waals surface area contributed by atoms with Gasteiger partial charge in [-0.2, -0.15) is 0 Å². The molecule has 2 atom stereocenters. The Bertz CT molecular complexity index is 1040. The zero-order valence-corrected chi connectivity index (χ0v) is 16.8. The lowest BCUT2D eigenvalue weighted by molar-refractivity contribution is -0.136. The molecule has 1 heterocycles. The van der Waals surface area contributed by atoms with Crippen molar-refractivity contribution >= 4 is 17.3 Å². The Morgan fingerprint density at radius 3 is 2.74 bits per heavy atom. The average molecular weight is 420 g/mol. The van der Waals surface area contributed by atoms with E-state index in [2.05, 4.69) is 10.6 Å². The molecule has 160 valence electrons. The van der Waals surface area contributed by atoms with Crippen molar-refractivity contribution in [1.29, 1.82) is 0 Å². The van der Waals surface area contributed by atoms with E-state index in [0.29, 0.717) is 35.7 Å². The number of aliphatic hydroxyl groups is 1. The normalized spacial score (nSPS) is 15.7. The third kappa shape index (κ3) is 5.46. The van der Waals surface area contributed by atoms with Crippen molar-refractivity contribution in [2.75, 3.05) is 23.8 Å². The van der Waals surface area contributed by atoms with Crippen molar-refractivity contribution in [3.63, 3.8) is 0 Å². The van der Waals surface area contributed by atoms with Crippen LogP contribution < -0.4 is 20.1 Å². The highest BCUT2D eigenvalue weighted by molar-refractivity contribution is 5.70. The summed E-state index contributed by atoms with van der Waals surface area (Å²) in [6, 6.07) is 21.9. The molecule has 7 heteroatoms. The lowest BCUT2D eigenvalue weighted by Gasteiger charge is -2.27. The monoisotopic (exact) mass is 420 g/mol. The minimum atomic E-state index is -0.934. The second-order valence-electron chi connectivity index (χ2n) is 7.31. The van der Waals surface area contributed by atoms with E-state index in [4.69, 9.17) is 14.6 Å². The van der Waals surface area contributed by atoms with Gasteiger partial charge in [-0.15, -0.1) is 0 Å². The van der Waals surface area contributed by atoms with Crippen molar-refractivity contribution in [1.82, 2.24) is 0 Å². The van der Waals surface area contributed by atoms with Gasteiger partial charge in [-0.25, -0.2) is 0 Å². The molecule has 0 saturated heterocycles. The van der Waals surface area contributed by atoms with E-state index in [1.807, 2.05) is 24.3 Å². The van der Waals surface area contributed by atoms with Gasteiger partial charge in [-0.3, -0.25) is 4.79 Å². The van der Waals surface area contributed by atoms with E-state index < -0.39 is 12.2 Å². The molecule has 1 aliphatic rings. The van der Waals surface area contributed by atoms with Crippen LogP contribution in [0.5, 0.6) is 11.5 Å². The molecule has 31 heavy (non-hydrogen) atoms. The molecule has 2 unspecified atom stereocenters.